The van der Waals surface area contributed by atoms with Crippen LogP contribution in [-0.2, 0) is 10.0 Å². The van der Waals surface area contributed by atoms with Crippen molar-refractivity contribution in [3.8, 4) is 5.75 Å². The second-order valence-corrected chi connectivity index (χ2v) is 10.4. The first-order valence-corrected chi connectivity index (χ1v) is 12.5. The van der Waals surface area contributed by atoms with Crippen molar-refractivity contribution in [1.29, 1.82) is 0 Å². The van der Waals surface area contributed by atoms with Crippen molar-refractivity contribution in [2.45, 2.75) is 17.7 Å². The van der Waals surface area contributed by atoms with Crippen molar-refractivity contribution in [3.05, 3.63) is 66.2 Å². The Hall–Kier alpha value is -3.10. The van der Waals surface area contributed by atoms with Crippen molar-refractivity contribution in [1.82, 2.24) is 9.62 Å². The van der Waals surface area contributed by atoms with Crippen LogP contribution < -0.4 is 15.0 Å². The highest BCUT2D eigenvalue weighted by Crippen LogP contribution is 2.28. The lowest BCUT2D eigenvalue weighted by atomic mass is 10.1. The van der Waals surface area contributed by atoms with Gasteiger partial charge in [-0.1, -0.05) is 36.4 Å². The Morgan fingerprint density at radius 3 is 2.52 bits per heavy atom. The van der Waals surface area contributed by atoms with Crippen LogP contribution in [0.3, 0.4) is 0 Å². The number of carbonyl (C=O) groups is 1. The highest BCUT2D eigenvalue weighted by Gasteiger charge is 2.24. The lowest BCUT2D eigenvalue weighted by molar-refractivity contribution is 0.0947. The Bertz CT molecular complexity index is 1250. The number of anilines is 1. The van der Waals surface area contributed by atoms with Gasteiger partial charge in [-0.25, -0.2) is 12.7 Å². The van der Waals surface area contributed by atoms with Crippen LogP contribution in [0.5, 0.6) is 5.75 Å². The van der Waals surface area contributed by atoms with E-state index in [0.29, 0.717) is 18.7 Å². The van der Waals surface area contributed by atoms with Crippen LogP contribution in [0.1, 0.15) is 23.2 Å². The summed E-state index contributed by atoms with van der Waals surface area (Å²) in [5, 5.41) is 5.00. The number of sulfonamides is 1. The first kappa shape index (κ1) is 23.1. The van der Waals surface area contributed by atoms with Crippen molar-refractivity contribution in [2.24, 2.45) is 0 Å². The van der Waals surface area contributed by atoms with E-state index in [1.165, 1.54) is 20.2 Å². The molecule has 1 amide bonds. The lowest BCUT2D eigenvalue weighted by Gasteiger charge is -2.22. The fourth-order valence-corrected chi connectivity index (χ4v) is 4.97. The zero-order valence-electron chi connectivity index (χ0n) is 19.0. The summed E-state index contributed by atoms with van der Waals surface area (Å²) in [7, 11) is -0.685. The molecular formula is C25H29N3O4S. The Balaban J connectivity index is 1.49. The van der Waals surface area contributed by atoms with Gasteiger partial charge in [0.15, 0.2) is 0 Å². The van der Waals surface area contributed by atoms with Crippen LogP contribution in [0.15, 0.2) is 65.6 Å². The fraction of sp³-hybridized carbons (Fsp3) is 0.320. The maximum atomic E-state index is 13.1. The molecule has 0 unspecified atom stereocenters. The number of hydrogen-bond donors (Lipinski definition) is 1. The third kappa shape index (κ3) is 4.96. The van der Waals surface area contributed by atoms with Gasteiger partial charge in [0, 0.05) is 38.3 Å². The molecule has 0 spiro atoms. The Morgan fingerprint density at radius 1 is 1.03 bits per heavy atom. The third-order valence-electron chi connectivity index (χ3n) is 5.83. The predicted octanol–water partition coefficient (Wildman–Crippen LogP) is 3.50. The van der Waals surface area contributed by atoms with Crippen LogP contribution in [0, 0.1) is 0 Å². The van der Waals surface area contributed by atoms with Gasteiger partial charge in [0.05, 0.1) is 17.0 Å². The first-order chi connectivity index (χ1) is 15.9. The van der Waals surface area contributed by atoms with E-state index in [9.17, 15) is 13.2 Å². The van der Waals surface area contributed by atoms with Crippen LogP contribution in [0.2, 0.25) is 0 Å². The maximum absolute atomic E-state index is 13.1. The molecular weight excluding hydrogens is 438 g/mol. The number of carbonyl (C=O) groups excluding carboxylic acids is 1. The summed E-state index contributed by atoms with van der Waals surface area (Å²) in [6.45, 7) is 2.30. The van der Waals surface area contributed by atoms with Crippen LogP contribution in [-0.4, -0.2) is 59.0 Å². The van der Waals surface area contributed by atoms with Gasteiger partial charge >= 0.3 is 0 Å². The van der Waals surface area contributed by atoms with E-state index < -0.39 is 10.0 Å². The molecule has 1 fully saturated rings. The van der Waals surface area contributed by atoms with Gasteiger partial charge in [-0.15, -0.1) is 0 Å². The average Bonchev–Trinajstić information content (AvgIpc) is 3.36. The molecule has 0 aliphatic carbocycles. The van der Waals surface area contributed by atoms with Crippen molar-refractivity contribution >= 4 is 32.4 Å². The molecule has 0 atom stereocenters. The number of hydrogen-bond acceptors (Lipinski definition) is 5. The van der Waals surface area contributed by atoms with E-state index in [-0.39, 0.29) is 10.8 Å². The molecule has 8 heteroatoms. The summed E-state index contributed by atoms with van der Waals surface area (Å²) < 4.78 is 32.3. The zero-order chi connectivity index (χ0) is 23.4. The molecule has 0 radical (unpaired) electrons. The summed E-state index contributed by atoms with van der Waals surface area (Å²) in [6, 6.07) is 18.6. The van der Waals surface area contributed by atoms with Gasteiger partial charge in [-0.3, -0.25) is 4.79 Å². The predicted molar refractivity (Wildman–Crippen MR) is 131 cm³/mol. The second-order valence-electron chi connectivity index (χ2n) is 8.24. The topological polar surface area (TPSA) is 79.0 Å². The number of amides is 1. The summed E-state index contributed by atoms with van der Waals surface area (Å²) in [4.78, 5) is 15.3. The van der Waals surface area contributed by atoms with Gasteiger partial charge in [-0.05, 0) is 42.5 Å². The number of rotatable bonds is 8. The minimum absolute atomic E-state index is 0.104. The van der Waals surface area contributed by atoms with Crippen molar-refractivity contribution in [2.75, 3.05) is 45.2 Å². The summed E-state index contributed by atoms with van der Waals surface area (Å²) in [5.41, 5.74) is 1.13. The van der Waals surface area contributed by atoms with Gasteiger partial charge in [0.1, 0.15) is 12.4 Å². The number of benzene rings is 3. The number of fused-ring (bicyclic) bond motifs is 1. The standard InChI is InChI=1S/C25H29N3O4S/c1-27(2)33(30,31)20-12-13-23(28-15-5-6-16-28)22(18-20)25(29)26-14-17-32-24-11-7-9-19-8-3-4-10-21(19)24/h3-4,7-13,18H,5-6,14-17H2,1-2H3,(H,26,29). The maximum Gasteiger partial charge on any atom is 0.253 e. The van der Waals surface area contributed by atoms with Crippen LogP contribution >= 0.6 is 0 Å². The Morgan fingerprint density at radius 2 is 1.76 bits per heavy atom. The van der Waals surface area contributed by atoms with Crippen molar-refractivity contribution < 1.29 is 17.9 Å². The highest BCUT2D eigenvalue weighted by molar-refractivity contribution is 7.89. The molecule has 4 rings (SSSR count). The number of nitrogens with zero attached hydrogens (tertiary/aromatic N) is 2. The van der Waals surface area contributed by atoms with E-state index in [2.05, 4.69) is 10.2 Å². The van der Waals surface area contributed by atoms with E-state index >= 15 is 0 Å². The molecule has 3 aromatic rings. The zero-order valence-corrected chi connectivity index (χ0v) is 19.8. The summed E-state index contributed by atoms with van der Waals surface area (Å²) in [5.74, 6) is 0.452. The molecule has 1 aliphatic heterocycles. The van der Waals surface area contributed by atoms with Crippen molar-refractivity contribution in [3.63, 3.8) is 0 Å². The highest BCUT2D eigenvalue weighted by atomic mass is 32.2. The lowest BCUT2D eigenvalue weighted by Crippen LogP contribution is -2.31. The minimum atomic E-state index is -3.65. The summed E-state index contributed by atoms with van der Waals surface area (Å²) >= 11 is 0. The van der Waals surface area contributed by atoms with Gasteiger partial charge < -0.3 is 15.0 Å². The largest absolute Gasteiger partial charge is 0.491 e. The van der Waals surface area contributed by atoms with Crippen LogP contribution in [0.25, 0.3) is 10.8 Å². The molecule has 1 N–H and O–H groups in total. The quantitative estimate of drug-likeness (QED) is 0.513. The molecule has 1 saturated heterocycles. The van der Waals surface area contributed by atoms with Gasteiger partial charge in [-0.2, -0.15) is 0 Å². The molecule has 1 aliphatic rings. The van der Waals surface area contributed by atoms with E-state index in [1.807, 2.05) is 42.5 Å². The van der Waals surface area contributed by atoms with E-state index in [0.717, 1.165) is 52.4 Å². The fourth-order valence-electron chi connectivity index (χ4n) is 4.04. The SMILES string of the molecule is CN(C)S(=O)(=O)c1ccc(N2CCCC2)c(C(=O)NCCOc2cccc3ccccc23)c1. The van der Waals surface area contributed by atoms with Gasteiger partial charge in [0.2, 0.25) is 10.0 Å². The van der Waals surface area contributed by atoms with E-state index in [1.54, 1.807) is 12.1 Å². The Labute approximate surface area is 195 Å². The molecule has 0 bridgehead atoms. The molecule has 0 saturated carbocycles. The normalized spacial score (nSPS) is 14.1. The first-order valence-electron chi connectivity index (χ1n) is 11.1. The minimum Gasteiger partial charge on any atom is -0.491 e. The Kier molecular flexibility index (Phi) is 6.85. The monoisotopic (exact) mass is 467 g/mol. The molecule has 174 valence electrons. The molecule has 3 aromatic carbocycles. The molecule has 33 heavy (non-hydrogen) atoms. The average molecular weight is 468 g/mol. The third-order valence-corrected chi connectivity index (χ3v) is 7.64. The molecule has 1 heterocycles. The molecule has 7 nitrogen and oxygen atoms in total. The smallest absolute Gasteiger partial charge is 0.253 e. The van der Waals surface area contributed by atoms with Gasteiger partial charge in [0.25, 0.3) is 5.91 Å². The number of ether oxygens (including phenoxy) is 1. The summed E-state index contributed by atoms with van der Waals surface area (Å²) in [6.07, 6.45) is 2.11. The number of nitrogens with one attached hydrogen (secondary N) is 1. The molecule has 0 aromatic heterocycles. The van der Waals surface area contributed by atoms with Crippen LogP contribution in [0.4, 0.5) is 5.69 Å². The van der Waals surface area contributed by atoms with E-state index in [4.69, 9.17) is 4.74 Å². The second kappa shape index (κ2) is 9.80.